The van der Waals surface area contributed by atoms with E-state index < -0.39 is 42.6 Å². The van der Waals surface area contributed by atoms with E-state index in [0.29, 0.717) is 93.7 Å². The number of likely N-dealkylation sites (tertiary alicyclic amines) is 1. The fraction of sp³-hybridized carbons (Fsp3) is 0.455. The zero-order chi connectivity index (χ0) is 41.0. The molecule has 2 saturated heterocycles. The molecular weight excluding hydrogens is 753 g/mol. The Morgan fingerprint density at radius 2 is 1.72 bits per heavy atom. The summed E-state index contributed by atoms with van der Waals surface area (Å²) < 4.78 is 60.3. The molecule has 3 aromatic carbocycles. The Morgan fingerprint density at radius 3 is 2.40 bits per heavy atom. The van der Waals surface area contributed by atoms with Crippen molar-refractivity contribution in [3.8, 4) is 0 Å². The molecule has 3 amide bonds. The number of amides is 3. The average Bonchev–Trinajstić information content (AvgIpc) is 3.89. The van der Waals surface area contributed by atoms with E-state index in [2.05, 4.69) is 9.88 Å². The number of hydrogen-bond acceptors (Lipinski definition) is 7. The Labute approximate surface area is 334 Å². The second kappa shape index (κ2) is 15.6. The van der Waals surface area contributed by atoms with E-state index >= 15 is 8.78 Å². The van der Waals surface area contributed by atoms with Crippen LogP contribution in [0.2, 0.25) is 0 Å². The number of aldehydes is 1. The van der Waals surface area contributed by atoms with Gasteiger partial charge in [-0.2, -0.15) is 0 Å². The number of carbonyl (C=O) groups is 4. The van der Waals surface area contributed by atoms with Crippen molar-refractivity contribution in [3.05, 3.63) is 99.2 Å². The number of aryl methyl sites for hydroxylation is 1. The maximum absolute atomic E-state index is 16.2. The Morgan fingerprint density at radius 1 is 1.02 bits per heavy atom. The first-order chi connectivity index (χ1) is 27.8. The van der Waals surface area contributed by atoms with Crippen LogP contribution in [0.25, 0.3) is 10.9 Å². The lowest BCUT2D eigenvalue weighted by Gasteiger charge is -2.49. The minimum atomic E-state index is -2.68. The molecule has 306 valence electrons. The van der Waals surface area contributed by atoms with E-state index in [-0.39, 0.29) is 29.5 Å². The lowest BCUT2D eigenvalue weighted by atomic mass is 9.78. The fourth-order valence-electron chi connectivity index (χ4n) is 9.90. The largest absolute Gasteiger partial charge is 0.370 e. The van der Waals surface area contributed by atoms with Gasteiger partial charge in [-0.25, -0.2) is 17.6 Å². The van der Waals surface area contributed by atoms with Crippen molar-refractivity contribution in [2.75, 3.05) is 44.2 Å². The molecule has 1 aromatic heterocycles. The van der Waals surface area contributed by atoms with E-state index in [1.54, 1.807) is 17.9 Å². The quantitative estimate of drug-likeness (QED) is 0.131. The molecule has 0 bridgehead atoms. The first kappa shape index (κ1) is 39.7. The van der Waals surface area contributed by atoms with Crippen LogP contribution in [0, 0.1) is 24.0 Å². The molecule has 14 heteroatoms. The number of halogens is 4. The number of imide groups is 1. The molecule has 1 N–H and O–H groups in total. The Kier molecular flexibility index (Phi) is 10.7. The van der Waals surface area contributed by atoms with Crippen LogP contribution in [0.3, 0.4) is 0 Å². The number of nitrogens with zero attached hydrogens (tertiary/aromatic N) is 5. The van der Waals surface area contributed by atoms with E-state index in [1.165, 1.54) is 17.0 Å². The second-order valence-corrected chi connectivity index (χ2v) is 16.7. The van der Waals surface area contributed by atoms with E-state index in [9.17, 15) is 28.0 Å². The smallest absolute Gasteiger partial charge is 0.261 e. The first-order valence-corrected chi connectivity index (χ1v) is 20.1. The van der Waals surface area contributed by atoms with E-state index in [1.807, 2.05) is 49.1 Å². The molecule has 0 saturated carbocycles. The van der Waals surface area contributed by atoms with Gasteiger partial charge in [0, 0.05) is 77.6 Å². The highest BCUT2D eigenvalue weighted by Crippen LogP contribution is 2.46. The number of aromatic amines is 1. The first-order valence-electron chi connectivity index (χ1n) is 20.1. The van der Waals surface area contributed by atoms with Gasteiger partial charge in [0.2, 0.25) is 12.3 Å². The zero-order valence-electron chi connectivity index (χ0n) is 32.9. The third-order valence-corrected chi connectivity index (χ3v) is 12.8. The number of rotatable bonds is 12. The summed E-state index contributed by atoms with van der Waals surface area (Å²) in [6.45, 7) is 8.25. The number of nitrogens with one attached hydrogen (secondary N) is 1. The van der Waals surface area contributed by atoms with Crippen LogP contribution in [0.5, 0.6) is 0 Å². The number of fused-ring (bicyclic) bond motifs is 4. The van der Waals surface area contributed by atoms with Gasteiger partial charge < -0.3 is 19.6 Å². The number of carbonyl (C=O) groups excluding carboxylic acids is 4. The number of hydrogen-bond donors (Lipinski definition) is 1. The summed E-state index contributed by atoms with van der Waals surface area (Å²) in [6, 6.07) is 11.5. The molecule has 58 heavy (non-hydrogen) atoms. The van der Waals surface area contributed by atoms with Crippen molar-refractivity contribution in [1.29, 1.82) is 0 Å². The molecule has 0 radical (unpaired) electrons. The molecule has 3 atom stereocenters. The third-order valence-electron chi connectivity index (χ3n) is 12.8. The Bertz CT molecular complexity index is 2250. The van der Waals surface area contributed by atoms with Gasteiger partial charge in [0.1, 0.15) is 17.9 Å². The van der Waals surface area contributed by atoms with Gasteiger partial charge in [0.05, 0.1) is 25.2 Å². The normalized spacial score (nSPS) is 20.7. The maximum Gasteiger partial charge on any atom is 0.261 e. The minimum absolute atomic E-state index is 0.0517. The molecule has 4 aliphatic heterocycles. The molecule has 0 aliphatic carbocycles. The standard InChI is InChI=1S/C44H48F4N6O4/c1-4-7-30(21-55)54(25-56)43(58)33-14-29-18-51(17-28(29)12-26(33)2)39(57)20-50-11-10-44(22-50)23-52(24-44)31-15-35(45)40(36(46)16-31)42-41-34(13-27(3)53(42)19-38(47)48)32-8-5-6-9-37(32)49-41/h5-6,8-9,12,14-16,21,25,27,30,38,42,49H,4,7,10-11,13,17-20,22-24H2,1-3H3/t27-,30?,42-/m1/s1. The Balaban J connectivity index is 0.917. The number of anilines is 1. The lowest BCUT2D eigenvalue weighted by molar-refractivity contribution is -0.132. The average molecular weight is 801 g/mol. The van der Waals surface area contributed by atoms with Gasteiger partial charge >= 0.3 is 0 Å². The number of benzene rings is 3. The highest BCUT2D eigenvalue weighted by molar-refractivity contribution is 6.03. The van der Waals surface area contributed by atoms with Crippen molar-refractivity contribution in [1.82, 2.24) is 24.6 Å². The predicted molar refractivity (Wildman–Crippen MR) is 211 cm³/mol. The second-order valence-electron chi connectivity index (χ2n) is 16.7. The monoisotopic (exact) mass is 800 g/mol. The lowest BCUT2D eigenvalue weighted by Crippen LogP contribution is -2.58. The van der Waals surface area contributed by atoms with Crippen LogP contribution in [-0.2, 0) is 33.9 Å². The van der Waals surface area contributed by atoms with Gasteiger partial charge in [-0.3, -0.25) is 29.1 Å². The van der Waals surface area contributed by atoms with Crippen LogP contribution < -0.4 is 4.90 Å². The van der Waals surface area contributed by atoms with Gasteiger partial charge in [-0.15, -0.1) is 0 Å². The molecule has 2 fully saturated rings. The summed E-state index contributed by atoms with van der Waals surface area (Å²) in [5.74, 6) is -2.15. The Hall–Kier alpha value is -5.08. The number of para-hydroxylation sites is 1. The number of aromatic nitrogens is 1. The van der Waals surface area contributed by atoms with Gasteiger partial charge in [0.15, 0.2) is 0 Å². The maximum atomic E-state index is 16.2. The highest BCUT2D eigenvalue weighted by atomic mass is 19.3. The molecular formula is C44H48F4N6O4. The molecule has 8 rings (SSSR count). The summed E-state index contributed by atoms with van der Waals surface area (Å²) in [7, 11) is 0. The van der Waals surface area contributed by atoms with Gasteiger partial charge in [-0.1, -0.05) is 37.6 Å². The summed E-state index contributed by atoms with van der Waals surface area (Å²) in [4.78, 5) is 61.9. The van der Waals surface area contributed by atoms with Crippen molar-refractivity contribution in [3.63, 3.8) is 0 Å². The highest BCUT2D eigenvalue weighted by Gasteiger charge is 2.49. The molecule has 4 aliphatic rings. The summed E-state index contributed by atoms with van der Waals surface area (Å²) >= 11 is 0. The van der Waals surface area contributed by atoms with Gasteiger partial charge in [0.25, 0.3) is 12.3 Å². The van der Waals surface area contributed by atoms with Crippen molar-refractivity contribution in [2.24, 2.45) is 5.41 Å². The molecule has 4 aromatic rings. The minimum Gasteiger partial charge on any atom is -0.370 e. The molecule has 10 nitrogen and oxygen atoms in total. The molecule has 1 spiro atoms. The molecule has 5 heterocycles. The topological polar surface area (TPSA) is 100 Å². The molecule has 1 unspecified atom stereocenters. The SMILES string of the molecule is CCCC(C=O)N(C=O)C(=O)c1cc2c(cc1C)CN(C(=O)CN1CCC3(C1)CN(c1cc(F)c([C@@H]4c5[nH]c6ccccc6c5C[C@@H](C)N4CC(F)F)c(F)c1)C3)C2. The summed E-state index contributed by atoms with van der Waals surface area (Å²) in [5.41, 5.74) is 4.99. The van der Waals surface area contributed by atoms with Gasteiger partial charge in [-0.05, 0) is 86.2 Å². The fourth-order valence-corrected chi connectivity index (χ4v) is 9.90. The van der Waals surface area contributed by atoms with Crippen LogP contribution in [0.15, 0.2) is 48.5 Å². The zero-order valence-corrected chi connectivity index (χ0v) is 32.9. The van der Waals surface area contributed by atoms with Crippen molar-refractivity contribution in [2.45, 2.75) is 84.1 Å². The van der Waals surface area contributed by atoms with Crippen LogP contribution in [-0.4, -0.2) is 107 Å². The van der Waals surface area contributed by atoms with Crippen molar-refractivity contribution >= 4 is 41.1 Å². The van der Waals surface area contributed by atoms with Crippen LogP contribution in [0.4, 0.5) is 23.2 Å². The van der Waals surface area contributed by atoms with Crippen molar-refractivity contribution < 1.29 is 36.7 Å². The third kappa shape index (κ3) is 7.08. The van der Waals surface area contributed by atoms with Crippen LogP contribution in [0.1, 0.15) is 83.0 Å². The summed E-state index contributed by atoms with van der Waals surface area (Å²) in [5, 5.41) is 0.922. The van der Waals surface area contributed by atoms with E-state index in [4.69, 9.17) is 0 Å². The van der Waals surface area contributed by atoms with E-state index in [0.717, 1.165) is 38.9 Å². The summed E-state index contributed by atoms with van der Waals surface area (Å²) in [6.07, 6.45) is 0.645. The number of H-pyrrole nitrogens is 1. The predicted octanol–water partition coefficient (Wildman–Crippen LogP) is 6.38. The number of alkyl halides is 2. The van der Waals surface area contributed by atoms with Crippen LogP contribution >= 0.6 is 0 Å².